The van der Waals surface area contributed by atoms with Gasteiger partial charge in [-0.3, -0.25) is 4.79 Å². The first-order valence-corrected chi connectivity index (χ1v) is 8.70. The van der Waals surface area contributed by atoms with Crippen LogP contribution in [0.4, 0.5) is 5.69 Å². The highest BCUT2D eigenvalue weighted by Gasteiger charge is 2.21. The maximum Gasteiger partial charge on any atom is 0.230 e. The molecule has 1 unspecified atom stereocenters. The summed E-state index contributed by atoms with van der Waals surface area (Å²) in [6.45, 7) is 0. The highest BCUT2D eigenvalue weighted by atomic mass is 35.5. The van der Waals surface area contributed by atoms with E-state index in [0.717, 1.165) is 29.8 Å². The van der Waals surface area contributed by atoms with Crippen LogP contribution in [0.1, 0.15) is 30.0 Å². The van der Waals surface area contributed by atoms with Gasteiger partial charge in [-0.2, -0.15) is 0 Å². The monoisotopic (exact) mass is 364 g/mol. The third kappa shape index (κ3) is 4.58. The van der Waals surface area contributed by atoms with Crippen LogP contribution in [0.25, 0.3) is 0 Å². The number of aromatic hydroxyl groups is 1. The first-order valence-electron chi connectivity index (χ1n) is 7.71. The Hall–Kier alpha value is -1.85. The summed E-state index contributed by atoms with van der Waals surface area (Å²) in [5, 5.41) is 12.4. The second-order valence-electron chi connectivity index (χ2n) is 5.75. The largest absolute Gasteiger partial charge is 0.508 e. The van der Waals surface area contributed by atoms with Crippen LogP contribution in [0.15, 0.2) is 47.4 Å². The van der Waals surface area contributed by atoms with Crippen molar-refractivity contribution in [3.05, 3.63) is 53.6 Å². The minimum atomic E-state index is 0. The molecule has 1 amide bonds. The van der Waals surface area contributed by atoms with E-state index in [9.17, 15) is 9.90 Å². The topological polar surface area (TPSA) is 75.3 Å². The number of carbonyl (C=O) groups is 1. The standard InChI is InChI=1S/C18H20N2O2S.ClH/c19-13-4-9-16-12(10-13)2-1-3-17(16)20-18(22)11-23-15-7-5-14(21)6-8-15;/h4-10,17,21H,1-3,11,19H2,(H,20,22);1H. The lowest BCUT2D eigenvalue weighted by atomic mass is 9.87. The fraction of sp³-hybridized carbons (Fsp3) is 0.278. The predicted molar refractivity (Wildman–Crippen MR) is 101 cm³/mol. The molecule has 4 N–H and O–H groups in total. The van der Waals surface area contributed by atoms with Gasteiger partial charge in [0.1, 0.15) is 5.75 Å². The number of phenols is 1. The van der Waals surface area contributed by atoms with E-state index in [-0.39, 0.29) is 30.1 Å². The Morgan fingerprint density at radius 1 is 1.25 bits per heavy atom. The summed E-state index contributed by atoms with van der Waals surface area (Å²) in [5.74, 6) is 0.626. The van der Waals surface area contributed by atoms with Crippen LogP contribution in [-0.2, 0) is 11.2 Å². The van der Waals surface area contributed by atoms with Gasteiger partial charge in [0.2, 0.25) is 5.91 Å². The maximum atomic E-state index is 12.2. The second kappa shape index (κ2) is 8.31. The molecule has 6 heteroatoms. The van der Waals surface area contributed by atoms with Crippen LogP contribution in [0.2, 0.25) is 0 Å². The van der Waals surface area contributed by atoms with Crippen molar-refractivity contribution in [1.82, 2.24) is 5.32 Å². The number of thioether (sulfide) groups is 1. The molecule has 0 aromatic heterocycles. The van der Waals surface area contributed by atoms with E-state index in [0.29, 0.717) is 5.75 Å². The SMILES string of the molecule is Cl.Nc1ccc2c(c1)CCCC2NC(=O)CSc1ccc(O)cc1. The number of amides is 1. The molecule has 0 fully saturated rings. The van der Waals surface area contributed by atoms with Gasteiger partial charge in [-0.15, -0.1) is 24.2 Å². The number of aryl methyl sites for hydroxylation is 1. The summed E-state index contributed by atoms with van der Waals surface area (Å²) in [7, 11) is 0. The second-order valence-corrected chi connectivity index (χ2v) is 6.80. The van der Waals surface area contributed by atoms with Crippen molar-refractivity contribution in [2.45, 2.75) is 30.2 Å². The molecule has 0 bridgehead atoms. The Balaban J connectivity index is 0.00000208. The third-order valence-electron chi connectivity index (χ3n) is 4.02. The lowest BCUT2D eigenvalue weighted by Crippen LogP contribution is -2.32. The van der Waals surface area contributed by atoms with Crippen molar-refractivity contribution in [2.75, 3.05) is 11.5 Å². The minimum absolute atomic E-state index is 0. The fourth-order valence-corrected chi connectivity index (χ4v) is 3.62. The fourth-order valence-electron chi connectivity index (χ4n) is 2.91. The van der Waals surface area contributed by atoms with Crippen LogP contribution in [0.3, 0.4) is 0 Å². The number of benzene rings is 2. The number of nitrogens with one attached hydrogen (secondary N) is 1. The van der Waals surface area contributed by atoms with E-state index in [1.807, 2.05) is 30.3 Å². The van der Waals surface area contributed by atoms with Crippen LogP contribution >= 0.6 is 24.2 Å². The average Bonchev–Trinajstić information content (AvgIpc) is 2.54. The Bertz CT molecular complexity index is 707. The quantitative estimate of drug-likeness (QED) is 0.571. The van der Waals surface area contributed by atoms with Crippen molar-refractivity contribution >= 4 is 35.8 Å². The molecule has 128 valence electrons. The smallest absolute Gasteiger partial charge is 0.230 e. The van der Waals surface area contributed by atoms with Gasteiger partial charge in [-0.1, -0.05) is 6.07 Å². The van der Waals surface area contributed by atoms with Gasteiger partial charge in [0.05, 0.1) is 11.8 Å². The molecule has 24 heavy (non-hydrogen) atoms. The summed E-state index contributed by atoms with van der Waals surface area (Å²) >= 11 is 1.47. The number of phenolic OH excluding ortho intramolecular Hbond substituents is 1. The number of nitrogen functional groups attached to an aromatic ring is 1. The Kier molecular flexibility index (Phi) is 6.40. The highest BCUT2D eigenvalue weighted by Crippen LogP contribution is 2.31. The molecule has 1 aliphatic rings. The van der Waals surface area contributed by atoms with Gasteiger partial charge in [0.15, 0.2) is 0 Å². The molecule has 0 aliphatic heterocycles. The van der Waals surface area contributed by atoms with E-state index in [2.05, 4.69) is 5.32 Å². The lowest BCUT2D eigenvalue weighted by Gasteiger charge is -2.26. The summed E-state index contributed by atoms with van der Waals surface area (Å²) in [4.78, 5) is 13.2. The normalized spacial score (nSPS) is 15.9. The van der Waals surface area contributed by atoms with Gasteiger partial charge in [0, 0.05) is 10.6 Å². The number of anilines is 1. The molecule has 1 aliphatic carbocycles. The van der Waals surface area contributed by atoms with E-state index < -0.39 is 0 Å². The van der Waals surface area contributed by atoms with E-state index in [1.165, 1.54) is 22.9 Å². The van der Waals surface area contributed by atoms with Gasteiger partial charge < -0.3 is 16.2 Å². The van der Waals surface area contributed by atoms with Crippen molar-refractivity contribution in [2.24, 2.45) is 0 Å². The number of halogens is 1. The zero-order valence-corrected chi connectivity index (χ0v) is 14.8. The number of nitrogens with two attached hydrogens (primary N) is 1. The van der Waals surface area contributed by atoms with Gasteiger partial charge >= 0.3 is 0 Å². The molecule has 2 aromatic carbocycles. The van der Waals surface area contributed by atoms with Gasteiger partial charge in [0.25, 0.3) is 0 Å². The summed E-state index contributed by atoms with van der Waals surface area (Å²) in [6, 6.07) is 12.9. The van der Waals surface area contributed by atoms with Crippen LogP contribution in [0.5, 0.6) is 5.75 Å². The van der Waals surface area contributed by atoms with Crippen LogP contribution < -0.4 is 11.1 Å². The molecule has 1 atom stereocenters. The van der Waals surface area contributed by atoms with Gasteiger partial charge in [-0.05, 0) is 66.8 Å². The molecule has 0 radical (unpaired) electrons. The molecule has 0 heterocycles. The molecule has 4 nitrogen and oxygen atoms in total. The first-order chi connectivity index (χ1) is 11.1. The zero-order chi connectivity index (χ0) is 16.2. The molecule has 0 spiro atoms. The highest BCUT2D eigenvalue weighted by molar-refractivity contribution is 8.00. The Labute approximate surface area is 152 Å². The number of rotatable bonds is 4. The number of hydrogen-bond acceptors (Lipinski definition) is 4. The molecule has 3 rings (SSSR count). The summed E-state index contributed by atoms with van der Waals surface area (Å²) in [6.07, 6.45) is 3.05. The minimum Gasteiger partial charge on any atom is -0.508 e. The number of hydrogen-bond donors (Lipinski definition) is 3. The molecule has 0 saturated carbocycles. The molecule has 2 aromatic rings. The van der Waals surface area contributed by atoms with Crippen LogP contribution in [-0.4, -0.2) is 16.8 Å². The third-order valence-corrected chi connectivity index (χ3v) is 5.04. The summed E-state index contributed by atoms with van der Waals surface area (Å²) < 4.78 is 0. The van der Waals surface area contributed by atoms with E-state index >= 15 is 0 Å². The maximum absolute atomic E-state index is 12.2. The van der Waals surface area contributed by atoms with E-state index in [1.54, 1.807) is 12.1 Å². The first kappa shape index (κ1) is 18.5. The van der Waals surface area contributed by atoms with Gasteiger partial charge in [-0.25, -0.2) is 0 Å². The lowest BCUT2D eigenvalue weighted by molar-refractivity contribution is -0.119. The Morgan fingerprint density at radius 3 is 2.75 bits per heavy atom. The zero-order valence-electron chi connectivity index (χ0n) is 13.2. The van der Waals surface area contributed by atoms with Crippen molar-refractivity contribution < 1.29 is 9.90 Å². The molecule has 0 saturated heterocycles. The molecular weight excluding hydrogens is 344 g/mol. The van der Waals surface area contributed by atoms with Crippen molar-refractivity contribution in [3.8, 4) is 5.75 Å². The predicted octanol–water partition coefficient (Wildman–Crippen LogP) is 3.68. The Morgan fingerprint density at radius 2 is 2.00 bits per heavy atom. The summed E-state index contributed by atoms with van der Waals surface area (Å²) in [5.41, 5.74) is 9.05. The average molecular weight is 365 g/mol. The number of fused-ring (bicyclic) bond motifs is 1. The van der Waals surface area contributed by atoms with Crippen molar-refractivity contribution in [3.63, 3.8) is 0 Å². The van der Waals surface area contributed by atoms with E-state index in [4.69, 9.17) is 5.73 Å². The molecular formula is C18H21ClN2O2S. The number of carbonyl (C=O) groups excluding carboxylic acids is 1. The van der Waals surface area contributed by atoms with Crippen molar-refractivity contribution in [1.29, 1.82) is 0 Å². The van der Waals surface area contributed by atoms with Crippen LogP contribution in [0, 0.1) is 0 Å².